The van der Waals surface area contributed by atoms with Gasteiger partial charge in [-0.25, -0.2) is 4.98 Å². The molecule has 0 saturated heterocycles. The van der Waals surface area contributed by atoms with Crippen molar-refractivity contribution in [1.82, 2.24) is 9.36 Å². The molecule has 0 bridgehead atoms. The SMILES string of the molecule is COCc1nsc(NCC(C)c2ccc(C(F)(F)F)cc2)n1. The monoisotopic (exact) mass is 331 g/mol. The van der Waals surface area contributed by atoms with Crippen molar-refractivity contribution in [1.29, 1.82) is 0 Å². The number of nitrogens with zero attached hydrogens (tertiary/aromatic N) is 2. The van der Waals surface area contributed by atoms with Gasteiger partial charge in [0.1, 0.15) is 6.61 Å². The van der Waals surface area contributed by atoms with Crippen molar-refractivity contribution in [2.45, 2.75) is 25.6 Å². The molecule has 2 aromatic rings. The second kappa shape index (κ2) is 7.06. The van der Waals surface area contributed by atoms with Crippen LogP contribution >= 0.6 is 11.5 Å². The minimum Gasteiger partial charge on any atom is -0.377 e. The largest absolute Gasteiger partial charge is 0.416 e. The number of alkyl halides is 3. The van der Waals surface area contributed by atoms with Crippen molar-refractivity contribution in [2.24, 2.45) is 0 Å². The Morgan fingerprint density at radius 2 is 1.95 bits per heavy atom. The molecule has 1 atom stereocenters. The maximum absolute atomic E-state index is 12.5. The molecule has 1 unspecified atom stereocenters. The van der Waals surface area contributed by atoms with Gasteiger partial charge in [0, 0.05) is 25.2 Å². The molecule has 0 amide bonds. The molecule has 1 aromatic carbocycles. The fourth-order valence-electron chi connectivity index (χ4n) is 1.87. The normalized spacial score (nSPS) is 13.1. The molecule has 0 spiro atoms. The van der Waals surface area contributed by atoms with Gasteiger partial charge in [0.15, 0.2) is 5.82 Å². The average molecular weight is 331 g/mol. The second-order valence-electron chi connectivity index (χ2n) is 4.85. The Kier molecular flexibility index (Phi) is 5.36. The van der Waals surface area contributed by atoms with E-state index in [1.807, 2.05) is 6.92 Å². The van der Waals surface area contributed by atoms with Gasteiger partial charge in [-0.15, -0.1) is 0 Å². The lowest BCUT2D eigenvalue weighted by molar-refractivity contribution is -0.137. The maximum atomic E-state index is 12.5. The number of rotatable bonds is 6. The molecular formula is C14H16F3N3OS. The Morgan fingerprint density at radius 3 is 2.55 bits per heavy atom. The number of anilines is 1. The zero-order valence-electron chi connectivity index (χ0n) is 12.1. The third-order valence-electron chi connectivity index (χ3n) is 3.11. The summed E-state index contributed by atoms with van der Waals surface area (Å²) in [5.74, 6) is 0.661. The van der Waals surface area contributed by atoms with E-state index in [0.717, 1.165) is 17.7 Å². The zero-order valence-corrected chi connectivity index (χ0v) is 13.0. The summed E-state index contributed by atoms with van der Waals surface area (Å²) in [5.41, 5.74) is 0.201. The molecule has 0 aliphatic carbocycles. The molecule has 120 valence electrons. The maximum Gasteiger partial charge on any atom is 0.416 e. The van der Waals surface area contributed by atoms with E-state index in [9.17, 15) is 13.2 Å². The minimum absolute atomic E-state index is 0.0528. The Balaban J connectivity index is 1.92. The summed E-state index contributed by atoms with van der Waals surface area (Å²) < 4.78 is 46.6. The number of hydrogen-bond donors (Lipinski definition) is 1. The summed E-state index contributed by atoms with van der Waals surface area (Å²) in [6.07, 6.45) is -4.30. The lowest BCUT2D eigenvalue weighted by Gasteiger charge is -2.13. The van der Waals surface area contributed by atoms with Crippen molar-refractivity contribution >= 4 is 16.7 Å². The molecule has 1 N–H and O–H groups in total. The van der Waals surface area contributed by atoms with Crippen LogP contribution in [0.15, 0.2) is 24.3 Å². The van der Waals surface area contributed by atoms with E-state index >= 15 is 0 Å². The first-order chi connectivity index (χ1) is 10.4. The fraction of sp³-hybridized carbons (Fsp3) is 0.429. The molecule has 4 nitrogen and oxygen atoms in total. The van der Waals surface area contributed by atoms with E-state index in [-0.39, 0.29) is 5.92 Å². The van der Waals surface area contributed by atoms with E-state index in [4.69, 9.17) is 4.74 Å². The van der Waals surface area contributed by atoms with Gasteiger partial charge in [0.25, 0.3) is 0 Å². The van der Waals surface area contributed by atoms with Crippen LogP contribution < -0.4 is 5.32 Å². The van der Waals surface area contributed by atoms with Crippen LogP contribution in [0.25, 0.3) is 0 Å². The molecular weight excluding hydrogens is 315 g/mol. The van der Waals surface area contributed by atoms with Crippen molar-refractivity contribution in [3.8, 4) is 0 Å². The topological polar surface area (TPSA) is 47.0 Å². The number of ether oxygens (including phenoxy) is 1. The van der Waals surface area contributed by atoms with Gasteiger partial charge in [-0.2, -0.15) is 17.5 Å². The number of methoxy groups -OCH3 is 1. The number of benzene rings is 1. The van der Waals surface area contributed by atoms with E-state index in [2.05, 4.69) is 14.7 Å². The minimum atomic E-state index is -4.30. The Hall–Kier alpha value is -1.67. The molecule has 1 heterocycles. The smallest absolute Gasteiger partial charge is 0.377 e. The van der Waals surface area contributed by atoms with Crippen molar-refractivity contribution in [3.05, 3.63) is 41.2 Å². The summed E-state index contributed by atoms with van der Waals surface area (Å²) in [6.45, 7) is 2.85. The van der Waals surface area contributed by atoms with Crippen LogP contribution in [-0.2, 0) is 17.5 Å². The van der Waals surface area contributed by atoms with Crippen LogP contribution in [0.4, 0.5) is 18.3 Å². The second-order valence-corrected chi connectivity index (χ2v) is 5.60. The van der Waals surface area contributed by atoms with Gasteiger partial charge in [-0.3, -0.25) is 0 Å². The highest BCUT2D eigenvalue weighted by Crippen LogP contribution is 2.30. The highest BCUT2D eigenvalue weighted by atomic mass is 32.1. The lowest BCUT2D eigenvalue weighted by Crippen LogP contribution is -2.10. The predicted molar refractivity (Wildman–Crippen MR) is 79.0 cm³/mol. The molecule has 22 heavy (non-hydrogen) atoms. The predicted octanol–water partition coefficient (Wildman–Crippen LogP) is 3.92. The van der Waals surface area contributed by atoms with Gasteiger partial charge in [-0.1, -0.05) is 19.1 Å². The summed E-state index contributed by atoms with van der Waals surface area (Å²) in [4.78, 5) is 4.23. The van der Waals surface area contributed by atoms with Crippen LogP contribution in [-0.4, -0.2) is 23.0 Å². The highest BCUT2D eigenvalue weighted by Gasteiger charge is 2.30. The van der Waals surface area contributed by atoms with Gasteiger partial charge < -0.3 is 10.1 Å². The molecule has 1 aromatic heterocycles. The lowest BCUT2D eigenvalue weighted by atomic mass is 10.00. The molecule has 0 aliphatic heterocycles. The number of hydrogen-bond acceptors (Lipinski definition) is 5. The first kappa shape index (κ1) is 16.7. The standard InChI is InChI=1S/C14H16F3N3OS/c1-9(7-18-13-19-12(8-21-2)20-22-13)10-3-5-11(6-4-10)14(15,16)17/h3-6,9H,7-8H2,1-2H3,(H,18,19,20). The van der Waals surface area contributed by atoms with Crippen LogP contribution in [0.1, 0.15) is 29.8 Å². The summed E-state index contributed by atoms with van der Waals surface area (Å²) in [5, 5.41) is 3.81. The third-order valence-corrected chi connectivity index (χ3v) is 3.82. The number of aromatic nitrogens is 2. The molecule has 8 heteroatoms. The highest BCUT2D eigenvalue weighted by molar-refractivity contribution is 7.09. The third kappa shape index (κ3) is 4.41. The van der Waals surface area contributed by atoms with Crippen LogP contribution in [0.2, 0.25) is 0 Å². The molecule has 0 radical (unpaired) electrons. The Bertz CT molecular complexity index is 598. The first-order valence-electron chi connectivity index (χ1n) is 6.62. The van der Waals surface area contributed by atoms with Gasteiger partial charge in [0.05, 0.1) is 5.56 Å². The van der Waals surface area contributed by atoms with Crippen molar-refractivity contribution in [3.63, 3.8) is 0 Å². The summed E-state index contributed by atoms with van der Waals surface area (Å²) >= 11 is 1.23. The molecule has 0 saturated carbocycles. The Morgan fingerprint density at radius 1 is 1.27 bits per heavy atom. The van der Waals surface area contributed by atoms with E-state index in [1.165, 1.54) is 23.7 Å². The van der Waals surface area contributed by atoms with Crippen LogP contribution in [0.5, 0.6) is 0 Å². The molecule has 0 fully saturated rings. The van der Waals surface area contributed by atoms with Gasteiger partial charge >= 0.3 is 6.18 Å². The van der Waals surface area contributed by atoms with E-state index in [1.54, 1.807) is 7.11 Å². The quantitative estimate of drug-likeness (QED) is 0.871. The summed E-state index contributed by atoms with van der Waals surface area (Å²) in [6, 6.07) is 5.22. The average Bonchev–Trinajstić information content (AvgIpc) is 2.92. The van der Waals surface area contributed by atoms with Crippen LogP contribution in [0.3, 0.4) is 0 Å². The van der Waals surface area contributed by atoms with E-state index < -0.39 is 11.7 Å². The van der Waals surface area contributed by atoms with Crippen molar-refractivity contribution in [2.75, 3.05) is 19.0 Å². The summed E-state index contributed by atoms with van der Waals surface area (Å²) in [7, 11) is 1.57. The number of halogens is 3. The van der Waals surface area contributed by atoms with Crippen LogP contribution in [0, 0.1) is 0 Å². The first-order valence-corrected chi connectivity index (χ1v) is 7.40. The van der Waals surface area contributed by atoms with Gasteiger partial charge in [0.2, 0.25) is 5.13 Å². The fourth-order valence-corrected chi connectivity index (χ4v) is 2.45. The molecule has 2 rings (SSSR count). The van der Waals surface area contributed by atoms with E-state index in [0.29, 0.717) is 24.1 Å². The zero-order chi connectivity index (χ0) is 16.2. The van der Waals surface area contributed by atoms with Crippen molar-refractivity contribution < 1.29 is 17.9 Å². The Labute approximate surface area is 130 Å². The molecule has 0 aliphatic rings. The van der Waals surface area contributed by atoms with Gasteiger partial charge in [-0.05, 0) is 23.6 Å². The number of nitrogens with one attached hydrogen (secondary N) is 1.